The monoisotopic (exact) mass is 322 g/mol. The van der Waals surface area contributed by atoms with Crippen molar-refractivity contribution in [2.45, 2.75) is 0 Å². The number of hydrogen-bond acceptors (Lipinski definition) is 3. The molecule has 0 fully saturated rings. The molecule has 5 nitrogen and oxygen atoms in total. The minimum atomic E-state index is -0.649. The van der Waals surface area contributed by atoms with Crippen molar-refractivity contribution in [3.63, 3.8) is 0 Å². The molecule has 0 bridgehead atoms. The maximum atomic E-state index is 11.7. The number of amides is 2. The quantitative estimate of drug-likeness (QED) is 0.841. The Kier molecular flexibility index (Phi) is 4.13. The van der Waals surface area contributed by atoms with Gasteiger partial charge in [-0.05, 0) is 35.0 Å². The van der Waals surface area contributed by atoms with E-state index in [0.717, 1.165) is 15.2 Å². The Morgan fingerprint density at radius 3 is 2.58 bits per heavy atom. The van der Waals surface area contributed by atoms with Crippen LogP contribution >= 0.6 is 15.9 Å². The lowest BCUT2D eigenvalue weighted by Crippen LogP contribution is -2.29. The highest BCUT2D eigenvalue weighted by Crippen LogP contribution is 2.20. The normalized spacial score (nSPS) is 10.4. The van der Waals surface area contributed by atoms with Crippen LogP contribution in [0.4, 0.5) is 0 Å². The molecule has 0 unspecified atom stereocenters. The fraction of sp³-hybridized carbons (Fsp3) is 0.0769. The van der Waals surface area contributed by atoms with Crippen molar-refractivity contribution < 1.29 is 14.4 Å². The maximum Gasteiger partial charge on any atom is 0.274 e. The summed E-state index contributed by atoms with van der Waals surface area (Å²) >= 11 is 3.38. The topological polar surface area (TPSA) is 81.4 Å². The van der Waals surface area contributed by atoms with E-state index in [1.807, 2.05) is 24.3 Å². The second kappa shape index (κ2) is 5.81. The molecule has 0 aliphatic carbocycles. The van der Waals surface area contributed by atoms with Gasteiger partial charge < -0.3 is 5.73 Å². The molecule has 19 heavy (non-hydrogen) atoms. The lowest BCUT2D eigenvalue weighted by Gasteiger charge is -2.05. The minimum absolute atomic E-state index is 0.355. The van der Waals surface area contributed by atoms with Gasteiger partial charge >= 0.3 is 0 Å². The van der Waals surface area contributed by atoms with Crippen LogP contribution in [0.15, 0.2) is 40.9 Å². The fourth-order valence-corrected chi connectivity index (χ4v) is 1.97. The SMILES string of the molecule is NC(=O)CONC(=O)c1ccc2cc(Br)ccc2c1. The average molecular weight is 323 g/mol. The molecule has 0 saturated heterocycles. The van der Waals surface area contributed by atoms with Gasteiger partial charge in [-0.1, -0.05) is 28.1 Å². The zero-order valence-electron chi connectivity index (χ0n) is 9.85. The third-order valence-electron chi connectivity index (χ3n) is 2.44. The van der Waals surface area contributed by atoms with Crippen LogP contribution in [0.5, 0.6) is 0 Å². The van der Waals surface area contributed by atoms with Gasteiger partial charge in [0.1, 0.15) is 0 Å². The van der Waals surface area contributed by atoms with Crippen molar-refractivity contribution in [2.75, 3.05) is 6.61 Å². The Morgan fingerprint density at radius 1 is 1.16 bits per heavy atom. The molecule has 0 spiro atoms. The Balaban J connectivity index is 2.14. The number of primary amides is 1. The minimum Gasteiger partial charge on any atom is -0.368 e. The smallest absolute Gasteiger partial charge is 0.274 e. The Bertz CT molecular complexity index is 643. The summed E-state index contributed by atoms with van der Waals surface area (Å²) in [7, 11) is 0. The predicted octanol–water partition coefficient (Wildman–Crippen LogP) is 1.75. The lowest BCUT2D eigenvalue weighted by atomic mass is 10.1. The molecule has 0 aliphatic heterocycles. The number of benzene rings is 2. The zero-order valence-corrected chi connectivity index (χ0v) is 11.4. The summed E-state index contributed by atoms with van der Waals surface area (Å²) in [5.41, 5.74) is 7.49. The van der Waals surface area contributed by atoms with E-state index in [1.54, 1.807) is 12.1 Å². The molecule has 0 aliphatic rings. The average Bonchev–Trinajstić information content (AvgIpc) is 2.37. The van der Waals surface area contributed by atoms with Gasteiger partial charge in [0, 0.05) is 10.0 Å². The third-order valence-corrected chi connectivity index (χ3v) is 2.94. The van der Waals surface area contributed by atoms with Crippen molar-refractivity contribution in [2.24, 2.45) is 5.73 Å². The molecule has 2 aromatic rings. The van der Waals surface area contributed by atoms with Crippen LogP contribution in [-0.4, -0.2) is 18.4 Å². The highest BCUT2D eigenvalue weighted by molar-refractivity contribution is 9.10. The number of hydroxylamine groups is 1. The molecule has 2 aromatic carbocycles. The molecule has 2 rings (SSSR count). The number of rotatable bonds is 4. The highest BCUT2D eigenvalue weighted by Gasteiger charge is 2.07. The molecule has 2 amide bonds. The number of fused-ring (bicyclic) bond motifs is 1. The first-order valence-corrected chi connectivity index (χ1v) is 6.25. The molecule has 98 valence electrons. The van der Waals surface area contributed by atoms with Crippen LogP contribution in [0.25, 0.3) is 10.8 Å². The number of nitrogens with one attached hydrogen (secondary N) is 1. The van der Waals surface area contributed by atoms with E-state index < -0.39 is 11.8 Å². The second-order valence-corrected chi connectivity index (χ2v) is 4.81. The summed E-state index contributed by atoms with van der Waals surface area (Å²) in [5, 5.41) is 1.95. The third kappa shape index (κ3) is 3.52. The summed E-state index contributed by atoms with van der Waals surface area (Å²) in [6.07, 6.45) is 0. The Hall–Kier alpha value is -1.92. The summed E-state index contributed by atoms with van der Waals surface area (Å²) < 4.78 is 0.974. The van der Waals surface area contributed by atoms with Crippen LogP contribution in [0.1, 0.15) is 10.4 Å². The summed E-state index contributed by atoms with van der Waals surface area (Å²) in [4.78, 5) is 26.9. The molecule has 0 aromatic heterocycles. The van der Waals surface area contributed by atoms with Crippen molar-refractivity contribution >= 4 is 38.5 Å². The van der Waals surface area contributed by atoms with Gasteiger partial charge in [0.25, 0.3) is 5.91 Å². The van der Waals surface area contributed by atoms with Gasteiger partial charge in [-0.15, -0.1) is 0 Å². The van der Waals surface area contributed by atoms with Crippen LogP contribution < -0.4 is 11.2 Å². The second-order valence-electron chi connectivity index (χ2n) is 3.89. The summed E-state index contributed by atoms with van der Waals surface area (Å²) in [5.74, 6) is -1.07. The predicted molar refractivity (Wildman–Crippen MR) is 74.3 cm³/mol. The first-order valence-electron chi connectivity index (χ1n) is 5.46. The molecule has 3 N–H and O–H groups in total. The fourth-order valence-electron chi connectivity index (χ4n) is 1.59. The van der Waals surface area contributed by atoms with Gasteiger partial charge in [-0.25, -0.2) is 5.48 Å². The first-order chi connectivity index (χ1) is 9.06. The van der Waals surface area contributed by atoms with Crippen LogP contribution in [0.2, 0.25) is 0 Å². The van der Waals surface area contributed by atoms with Crippen molar-refractivity contribution in [3.05, 3.63) is 46.4 Å². The number of carbonyl (C=O) groups excluding carboxylic acids is 2. The first kappa shape index (κ1) is 13.5. The van der Waals surface area contributed by atoms with E-state index in [9.17, 15) is 9.59 Å². The standard InChI is InChI=1S/C13H11BrN2O3/c14-11-4-3-8-5-10(2-1-9(8)6-11)13(18)16-19-7-12(15)17/h1-6H,7H2,(H2,15,17)(H,16,18). The number of halogens is 1. The van der Waals surface area contributed by atoms with Gasteiger partial charge in [-0.2, -0.15) is 0 Å². The summed E-state index contributed by atoms with van der Waals surface area (Å²) in [6, 6.07) is 11.0. The molecule has 6 heteroatoms. The molecular formula is C13H11BrN2O3. The van der Waals surface area contributed by atoms with E-state index in [2.05, 4.69) is 26.2 Å². The summed E-state index contributed by atoms with van der Waals surface area (Å²) in [6.45, 7) is -0.355. The van der Waals surface area contributed by atoms with Gasteiger partial charge in [0.2, 0.25) is 5.91 Å². The number of nitrogens with two attached hydrogens (primary N) is 1. The molecule has 0 radical (unpaired) electrons. The van der Waals surface area contributed by atoms with Gasteiger partial charge in [0.15, 0.2) is 6.61 Å². The zero-order chi connectivity index (χ0) is 13.8. The van der Waals surface area contributed by atoms with Crippen molar-refractivity contribution in [1.82, 2.24) is 5.48 Å². The van der Waals surface area contributed by atoms with E-state index in [0.29, 0.717) is 5.56 Å². The Labute approximate surface area is 117 Å². The van der Waals surface area contributed by atoms with Crippen LogP contribution in [0, 0.1) is 0 Å². The van der Waals surface area contributed by atoms with Crippen molar-refractivity contribution in [1.29, 1.82) is 0 Å². The van der Waals surface area contributed by atoms with Gasteiger partial charge in [-0.3, -0.25) is 14.4 Å². The largest absolute Gasteiger partial charge is 0.368 e. The van der Waals surface area contributed by atoms with E-state index >= 15 is 0 Å². The maximum absolute atomic E-state index is 11.7. The van der Waals surface area contributed by atoms with Crippen LogP contribution in [-0.2, 0) is 9.63 Å². The van der Waals surface area contributed by atoms with Gasteiger partial charge in [0.05, 0.1) is 0 Å². The Morgan fingerprint density at radius 2 is 1.84 bits per heavy atom. The van der Waals surface area contributed by atoms with Crippen molar-refractivity contribution in [3.8, 4) is 0 Å². The number of carbonyl (C=O) groups is 2. The van der Waals surface area contributed by atoms with Crippen LogP contribution in [0.3, 0.4) is 0 Å². The lowest BCUT2D eigenvalue weighted by molar-refractivity contribution is -0.124. The molecular weight excluding hydrogens is 312 g/mol. The number of hydrogen-bond donors (Lipinski definition) is 2. The van der Waals surface area contributed by atoms with E-state index in [1.165, 1.54) is 0 Å². The van der Waals surface area contributed by atoms with E-state index in [-0.39, 0.29) is 6.61 Å². The van der Waals surface area contributed by atoms with E-state index in [4.69, 9.17) is 5.73 Å². The molecule has 0 atom stereocenters. The highest BCUT2D eigenvalue weighted by atomic mass is 79.9. The molecule has 0 heterocycles. The molecule has 0 saturated carbocycles.